The van der Waals surface area contributed by atoms with Gasteiger partial charge in [-0.25, -0.2) is 0 Å². The second-order valence-electron chi connectivity index (χ2n) is 7.17. The van der Waals surface area contributed by atoms with Crippen LogP contribution in [0.3, 0.4) is 0 Å². The number of rotatable bonds is 6. The van der Waals surface area contributed by atoms with Gasteiger partial charge in [-0.1, -0.05) is 53.7 Å². The lowest BCUT2D eigenvalue weighted by molar-refractivity contribution is 0.0841. The Morgan fingerprint density at radius 2 is 1.74 bits per heavy atom. The average molecular weight is 472 g/mol. The first-order chi connectivity index (χ1) is 16.7. The SMILES string of the molecule is O=C(NNC(=O)c1cc(-c2cccs2)on1)c1ccc(Cn2nnc(-c3ccccc3)n2)cc1. The molecule has 2 amide bonds. The van der Waals surface area contributed by atoms with E-state index in [1.54, 1.807) is 24.3 Å². The van der Waals surface area contributed by atoms with Gasteiger partial charge in [-0.3, -0.25) is 20.4 Å². The fourth-order valence-corrected chi connectivity index (χ4v) is 3.78. The van der Waals surface area contributed by atoms with Crippen molar-refractivity contribution in [3.63, 3.8) is 0 Å². The molecule has 0 unspecified atom stereocenters. The van der Waals surface area contributed by atoms with E-state index in [9.17, 15) is 9.59 Å². The van der Waals surface area contributed by atoms with Gasteiger partial charge in [0.25, 0.3) is 11.8 Å². The minimum absolute atomic E-state index is 0.0641. The zero-order valence-corrected chi connectivity index (χ0v) is 18.4. The van der Waals surface area contributed by atoms with Crippen LogP contribution >= 0.6 is 11.3 Å². The lowest BCUT2D eigenvalue weighted by Gasteiger charge is -2.06. The number of nitrogens with one attached hydrogen (secondary N) is 2. The van der Waals surface area contributed by atoms with Crippen molar-refractivity contribution in [3.8, 4) is 22.0 Å². The Morgan fingerprint density at radius 1 is 0.941 bits per heavy atom. The molecular formula is C23H17N7O3S. The summed E-state index contributed by atoms with van der Waals surface area (Å²) in [6, 6.07) is 21.7. The number of hydrogen-bond donors (Lipinski definition) is 2. The van der Waals surface area contributed by atoms with Gasteiger partial charge in [0.05, 0.1) is 11.4 Å². The molecule has 5 aromatic rings. The number of amides is 2. The third-order valence-corrected chi connectivity index (χ3v) is 5.71. The van der Waals surface area contributed by atoms with Crippen LogP contribution in [0.15, 0.2) is 82.7 Å². The van der Waals surface area contributed by atoms with Crippen molar-refractivity contribution in [3.05, 3.63) is 95.0 Å². The van der Waals surface area contributed by atoms with E-state index >= 15 is 0 Å². The summed E-state index contributed by atoms with van der Waals surface area (Å²) in [5.74, 6) is -0.0167. The molecule has 0 saturated heterocycles. The Balaban J connectivity index is 1.16. The second-order valence-corrected chi connectivity index (χ2v) is 8.12. The number of benzene rings is 2. The molecule has 2 N–H and O–H groups in total. The van der Waals surface area contributed by atoms with Crippen LogP contribution in [-0.2, 0) is 6.54 Å². The molecule has 0 spiro atoms. The van der Waals surface area contributed by atoms with Crippen LogP contribution in [0.4, 0.5) is 0 Å². The highest BCUT2D eigenvalue weighted by molar-refractivity contribution is 7.13. The van der Waals surface area contributed by atoms with E-state index in [2.05, 4.69) is 31.4 Å². The van der Waals surface area contributed by atoms with Gasteiger partial charge in [0, 0.05) is 17.2 Å². The van der Waals surface area contributed by atoms with E-state index in [0.29, 0.717) is 23.7 Å². The zero-order valence-electron chi connectivity index (χ0n) is 17.6. The van der Waals surface area contributed by atoms with Crippen LogP contribution in [-0.4, -0.2) is 37.2 Å². The molecule has 0 saturated carbocycles. The molecule has 11 heteroatoms. The number of aromatic nitrogens is 5. The molecule has 10 nitrogen and oxygen atoms in total. The maximum atomic E-state index is 12.4. The Morgan fingerprint density at radius 3 is 2.50 bits per heavy atom. The van der Waals surface area contributed by atoms with E-state index in [4.69, 9.17) is 4.52 Å². The van der Waals surface area contributed by atoms with Gasteiger partial charge in [0.1, 0.15) is 0 Å². The molecule has 0 aliphatic heterocycles. The largest absolute Gasteiger partial charge is 0.355 e. The highest BCUT2D eigenvalue weighted by Gasteiger charge is 2.15. The Kier molecular flexibility index (Phi) is 5.91. The maximum Gasteiger partial charge on any atom is 0.291 e. The third kappa shape index (κ3) is 4.74. The number of thiophene rings is 1. The number of carbonyl (C=O) groups excluding carboxylic acids is 2. The predicted octanol–water partition coefficient (Wildman–Crippen LogP) is 3.18. The second kappa shape index (κ2) is 9.46. The molecule has 2 aromatic carbocycles. The smallest absolute Gasteiger partial charge is 0.291 e. The molecule has 3 aromatic heterocycles. The van der Waals surface area contributed by atoms with Gasteiger partial charge in [-0.15, -0.1) is 21.5 Å². The van der Waals surface area contributed by atoms with Crippen molar-refractivity contribution >= 4 is 23.2 Å². The summed E-state index contributed by atoms with van der Waals surface area (Å²) in [6.07, 6.45) is 0. The van der Waals surface area contributed by atoms with Gasteiger partial charge in [-0.05, 0) is 34.4 Å². The van der Waals surface area contributed by atoms with Gasteiger partial charge < -0.3 is 4.52 Å². The van der Waals surface area contributed by atoms with E-state index in [-0.39, 0.29) is 5.69 Å². The fraction of sp³-hybridized carbons (Fsp3) is 0.0435. The number of hydrogen-bond acceptors (Lipinski definition) is 8. The number of hydrazine groups is 1. The first-order valence-corrected chi connectivity index (χ1v) is 11.1. The summed E-state index contributed by atoms with van der Waals surface area (Å²) in [5.41, 5.74) is 6.93. The lowest BCUT2D eigenvalue weighted by Crippen LogP contribution is -2.41. The quantitative estimate of drug-likeness (QED) is 0.364. The number of tetrazole rings is 1. The molecule has 0 bridgehead atoms. The Labute approximate surface area is 197 Å². The first-order valence-electron chi connectivity index (χ1n) is 10.2. The predicted molar refractivity (Wildman–Crippen MR) is 124 cm³/mol. The van der Waals surface area contributed by atoms with Crippen molar-refractivity contribution in [1.82, 2.24) is 36.2 Å². The number of nitrogens with zero attached hydrogens (tertiary/aromatic N) is 5. The van der Waals surface area contributed by atoms with Crippen molar-refractivity contribution < 1.29 is 14.1 Å². The normalized spacial score (nSPS) is 10.7. The average Bonchev–Trinajstić information content (AvgIpc) is 3.65. The van der Waals surface area contributed by atoms with Gasteiger partial charge in [-0.2, -0.15) is 4.80 Å². The Hall–Kier alpha value is -4.64. The zero-order chi connectivity index (χ0) is 23.3. The summed E-state index contributed by atoms with van der Waals surface area (Å²) < 4.78 is 5.18. The summed E-state index contributed by atoms with van der Waals surface area (Å²) in [7, 11) is 0. The topological polar surface area (TPSA) is 128 Å². The molecule has 5 rings (SSSR count). The molecule has 0 aliphatic carbocycles. The van der Waals surface area contributed by atoms with Crippen LogP contribution < -0.4 is 10.9 Å². The molecular weight excluding hydrogens is 454 g/mol. The van der Waals surface area contributed by atoms with Crippen LogP contribution in [0.5, 0.6) is 0 Å². The molecule has 0 aliphatic rings. The first kappa shape index (κ1) is 21.2. The van der Waals surface area contributed by atoms with Crippen molar-refractivity contribution in [2.24, 2.45) is 0 Å². The van der Waals surface area contributed by atoms with Gasteiger partial charge >= 0.3 is 0 Å². The van der Waals surface area contributed by atoms with E-state index in [0.717, 1.165) is 16.0 Å². The summed E-state index contributed by atoms with van der Waals surface area (Å²) >= 11 is 1.47. The lowest BCUT2D eigenvalue weighted by atomic mass is 10.1. The maximum absolute atomic E-state index is 12.4. The summed E-state index contributed by atoms with van der Waals surface area (Å²) in [6.45, 7) is 0.400. The molecule has 0 fully saturated rings. The summed E-state index contributed by atoms with van der Waals surface area (Å²) in [4.78, 5) is 27.0. The third-order valence-electron chi connectivity index (χ3n) is 4.82. The standard InChI is InChI=1S/C23H17N7O3S/c31-22(25-26-23(32)18-13-19(33-28-18)20-7-4-12-34-20)17-10-8-15(9-11-17)14-30-27-21(24-29-30)16-5-2-1-3-6-16/h1-13H,14H2,(H,25,31)(H,26,32). The van der Waals surface area contributed by atoms with E-state index < -0.39 is 11.8 Å². The highest BCUT2D eigenvalue weighted by Crippen LogP contribution is 2.25. The molecule has 168 valence electrons. The number of carbonyl (C=O) groups is 2. The van der Waals surface area contributed by atoms with E-state index in [1.807, 2.05) is 47.8 Å². The Bertz CT molecular complexity index is 1410. The van der Waals surface area contributed by atoms with Crippen LogP contribution in [0.2, 0.25) is 0 Å². The minimum Gasteiger partial charge on any atom is -0.355 e. The van der Waals surface area contributed by atoms with Crippen molar-refractivity contribution in [2.75, 3.05) is 0 Å². The van der Waals surface area contributed by atoms with Crippen molar-refractivity contribution in [1.29, 1.82) is 0 Å². The molecule has 3 heterocycles. The molecule has 34 heavy (non-hydrogen) atoms. The van der Waals surface area contributed by atoms with E-state index in [1.165, 1.54) is 22.2 Å². The van der Waals surface area contributed by atoms with Crippen molar-refractivity contribution in [2.45, 2.75) is 6.54 Å². The van der Waals surface area contributed by atoms with Crippen LogP contribution in [0.1, 0.15) is 26.4 Å². The highest BCUT2D eigenvalue weighted by atomic mass is 32.1. The fourth-order valence-electron chi connectivity index (χ4n) is 3.10. The monoisotopic (exact) mass is 471 g/mol. The molecule has 0 atom stereocenters. The van der Waals surface area contributed by atoms with Gasteiger partial charge in [0.15, 0.2) is 11.5 Å². The van der Waals surface area contributed by atoms with Crippen LogP contribution in [0, 0.1) is 0 Å². The van der Waals surface area contributed by atoms with Crippen LogP contribution in [0.25, 0.3) is 22.0 Å². The minimum atomic E-state index is -0.581. The molecule has 0 radical (unpaired) electrons. The van der Waals surface area contributed by atoms with Gasteiger partial charge in [0.2, 0.25) is 5.82 Å². The summed E-state index contributed by atoms with van der Waals surface area (Å²) in [5, 5.41) is 18.2.